The molecule has 0 aliphatic heterocycles. The third-order valence-corrected chi connectivity index (χ3v) is 2.45. The minimum Gasteiger partial charge on any atom is -0.491 e. The van der Waals surface area contributed by atoms with Gasteiger partial charge in [-0.15, -0.1) is 0 Å². The molecule has 0 unspecified atom stereocenters. The van der Waals surface area contributed by atoms with Crippen molar-refractivity contribution >= 4 is 5.97 Å². The third-order valence-electron chi connectivity index (χ3n) is 2.45. The molecule has 0 atom stereocenters. The molecule has 15 heavy (non-hydrogen) atoms. The van der Waals surface area contributed by atoms with Crippen LogP contribution in [-0.4, -0.2) is 22.7 Å². The van der Waals surface area contributed by atoms with Gasteiger partial charge in [-0.1, -0.05) is 0 Å². The van der Waals surface area contributed by atoms with Gasteiger partial charge in [0, 0.05) is 0 Å². The molecule has 0 amide bonds. The van der Waals surface area contributed by atoms with E-state index in [9.17, 15) is 4.79 Å². The van der Waals surface area contributed by atoms with Crippen molar-refractivity contribution in [2.24, 2.45) is 5.92 Å². The van der Waals surface area contributed by atoms with E-state index in [0.717, 1.165) is 12.2 Å². The molecule has 1 aromatic rings. The average Bonchev–Trinajstić information content (AvgIpc) is 2.99. The average molecular weight is 207 g/mol. The van der Waals surface area contributed by atoms with Crippen molar-refractivity contribution in [1.29, 1.82) is 0 Å². The van der Waals surface area contributed by atoms with Crippen molar-refractivity contribution in [3.8, 4) is 5.75 Å². The Morgan fingerprint density at radius 1 is 1.67 bits per heavy atom. The molecule has 4 heteroatoms. The number of hydrogen-bond donors (Lipinski definition) is 1. The van der Waals surface area contributed by atoms with Gasteiger partial charge in [-0.3, -0.25) is 0 Å². The Labute approximate surface area is 87.9 Å². The monoisotopic (exact) mass is 207 g/mol. The summed E-state index contributed by atoms with van der Waals surface area (Å²) in [6.07, 6.45) is 3.96. The second-order valence-corrected chi connectivity index (χ2v) is 3.89. The predicted molar refractivity (Wildman–Crippen MR) is 54.2 cm³/mol. The number of aromatic carboxylic acids is 1. The summed E-state index contributed by atoms with van der Waals surface area (Å²) in [5.74, 6) is 0.363. The van der Waals surface area contributed by atoms with Crippen molar-refractivity contribution in [3.05, 3.63) is 23.5 Å². The molecule has 0 radical (unpaired) electrons. The van der Waals surface area contributed by atoms with Crippen LogP contribution in [0.5, 0.6) is 5.75 Å². The van der Waals surface area contributed by atoms with Gasteiger partial charge in [0.2, 0.25) is 0 Å². The number of ether oxygens (including phenoxy) is 1. The molecule has 2 rings (SSSR count). The third kappa shape index (κ3) is 2.46. The van der Waals surface area contributed by atoms with Crippen LogP contribution in [0.2, 0.25) is 0 Å². The summed E-state index contributed by atoms with van der Waals surface area (Å²) in [6, 6.07) is 1.53. The fourth-order valence-electron chi connectivity index (χ4n) is 1.30. The van der Waals surface area contributed by atoms with Gasteiger partial charge in [0.25, 0.3) is 0 Å². The van der Waals surface area contributed by atoms with Gasteiger partial charge in [-0.2, -0.15) is 0 Å². The zero-order chi connectivity index (χ0) is 10.8. The number of aromatic nitrogens is 1. The zero-order valence-corrected chi connectivity index (χ0v) is 8.56. The molecule has 4 nitrogen and oxygen atoms in total. The lowest BCUT2D eigenvalue weighted by Gasteiger charge is -2.07. The normalized spacial score (nSPS) is 15.0. The molecular weight excluding hydrogens is 194 g/mol. The Kier molecular flexibility index (Phi) is 2.58. The van der Waals surface area contributed by atoms with E-state index in [1.807, 2.05) is 6.92 Å². The summed E-state index contributed by atoms with van der Waals surface area (Å²) in [6.45, 7) is 2.55. The molecule has 1 saturated carbocycles. The van der Waals surface area contributed by atoms with E-state index in [1.165, 1.54) is 25.1 Å². The Bertz CT molecular complexity index is 385. The molecule has 0 bridgehead atoms. The summed E-state index contributed by atoms with van der Waals surface area (Å²) in [4.78, 5) is 14.5. The largest absolute Gasteiger partial charge is 0.491 e. The van der Waals surface area contributed by atoms with Crippen LogP contribution in [0.3, 0.4) is 0 Å². The van der Waals surface area contributed by atoms with Crippen molar-refractivity contribution in [1.82, 2.24) is 4.98 Å². The zero-order valence-electron chi connectivity index (χ0n) is 8.56. The molecule has 1 heterocycles. The Morgan fingerprint density at radius 3 is 2.93 bits per heavy atom. The van der Waals surface area contributed by atoms with Gasteiger partial charge >= 0.3 is 5.97 Å². The highest BCUT2D eigenvalue weighted by Gasteiger charge is 2.22. The lowest BCUT2D eigenvalue weighted by Crippen LogP contribution is -2.04. The molecule has 1 fully saturated rings. The first-order valence-corrected chi connectivity index (χ1v) is 4.99. The minimum atomic E-state index is -1.01. The topological polar surface area (TPSA) is 59.4 Å². The summed E-state index contributed by atoms with van der Waals surface area (Å²) in [7, 11) is 0. The van der Waals surface area contributed by atoms with E-state index in [4.69, 9.17) is 9.84 Å². The summed E-state index contributed by atoms with van der Waals surface area (Å²) in [5.41, 5.74) is 0.884. The maximum absolute atomic E-state index is 10.6. The van der Waals surface area contributed by atoms with Crippen LogP contribution < -0.4 is 4.74 Å². The summed E-state index contributed by atoms with van der Waals surface area (Å²) >= 11 is 0. The predicted octanol–water partition coefficient (Wildman–Crippen LogP) is 1.88. The maximum atomic E-state index is 10.6. The molecule has 80 valence electrons. The minimum absolute atomic E-state index is 0.0614. The van der Waals surface area contributed by atoms with E-state index in [0.29, 0.717) is 11.7 Å². The second kappa shape index (κ2) is 3.88. The summed E-state index contributed by atoms with van der Waals surface area (Å²) in [5, 5.41) is 8.72. The second-order valence-electron chi connectivity index (χ2n) is 3.89. The molecule has 1 N–H and O–H groups in total. The van der Waals surface area contributed by atoms with E-state index in [-0.39, 0.29) is 5.69 Å². The standard InChI is InChI=1S/C11H13NO3/c1-7-4-9(11(13)14)12-5-10(7)15-6-8-2-3-8/h4-5,8H,2-3,6H2,1H3,(H,13,14). The van der Waals surface area contributed by atoms with Crippen molar-refractivity contribution in [2.45, 2.75) is 19.8 Å². The molecule has 0 spiro atoms. The van der Waals surface area contributed by atoms with Gasteiger partial charge in [-0.25, -0.2) is 9.78 Å². The van der Waals surface area contributed by atoms with Crippen LogP contribution in [0.15, 0.2) is 12.3 Å². The number of carbonyl (C=O) groups is 1. The first-order valence-electron chi connectivity index (χ1n) is 4.99. The lowest BCUT2D eigenvalue weighted by atomic mass is 10.2. The maximum Gasteiger partial charge on any atom is 0.354 e. The molecule has 0 saturated heterocycles. The van der Waals surface area contributed by atoms with E-state index in [1.54, 1.807) is 0 Å². The van der Waals surface area contributed by atoms with Gasteiger partial charge in [-0.05, 0) is 37.3 Å². The number of nitrogens with zero attached hydrogens (tertiary/aromatic N) is 1. The number of rotatable bonds is 4. The highest BCUT2D eigenvalue weighted by molar-refractivity contribution is 5.85. The number of carboxylic acid groups (broad SMARTS) is 1. The number of carboxylic acids is 1. The van der Waals surface area contributed by atoms with Crippen LogP contribution in [-0.2, 0) is 0 Å². The van der Waals surface area contributed by atoms with Gasteiger partial charge in [0.1, 0.15) is 11.4 Å². The van der Waals surface area contributed by atoms with Crippen molar-refractivity contribution in [2.75, 3.05) is 6.61 Å². The van der Waals surface area contributed by atoms with Crippen molar-refractivity contribution < 1.29 is 14.6 Å². The SMILES string of the molecule is Cc1cc(C(=O)O)ncc1OCC1CC1. The van der Waals surface area contributed by atoms with Gasteiger partial charge in [0.05, 0.1) is 12.8 Å². The first-order chi connectivity index (χ1) is 7.16. The quantitative estimate of drug-likeness (QED) is 0.818. The van der Waals surface area contributed by atoms with Gasteiger partial charge < -0.3 is 9.84 Å². The van der Waals surface area contributed by atoms with Gasteiger partial charge in [0.15, 0.2) is 0 Å². The molecule has 1 aromatic heterocycles. The Morgan fingerprint density at radius 2 is 2.40 bits per heavy atom. The fourth-order valence-corrected chi connectivity index (χ4v) is 1.30. The molecule has 0 aromatic carbocycles. The van der Waals surface area contributed by atoms with E-state index < -0.39 is 5.97 Å². The lowest BCUT2D eigenvalue weighted by molar-refractivity contribution is 0.0690. The highest BCUT2D eigenvalue weighted by atomic mass is 16.5. The first kappa shape index (κ1) is 9.96. The molecule has 1 aliphatic carbocycles. The van der Waals surface area contributed by atoms with E-state index >= 15 is 0 Å². The Balaban J connectivity index is 2.07. The Hall–Kier alpha value is -1.58. The highest BCUT2D eigenvalue weighted by Crippen LogP contribution is 2.30. The summed E-state index contributed by atoms with van der Waals surface area (Å²) < 4.78 is 5.54. The molecule has 1 aliphatic rings. The molecular formula is C11H13NO3. The van der Waals surface area contributed by atoms with Crippen molar-refractivity contribution in [3.63, 3.8) is 0 Å². The smallest absolute Gasteiger partial charge is 0.354 e. The van der Waals surface area contributed by atoms with Crippen LogP contribution in [0.4, 0.5) is 0 Å². The number of pyridine rings is 1. The van der Waals surface area contributed by atoms with Crippen LogP contribution >= 0.6 is 0 Å². The number of aryl methyl sites for hydroxylation is 1. The van der Waals surface area contributed by atoms with Crippen LogP contribution in [0.25, 0.3) is 0 Å². The van der Waals surface area contributed by atoms with Crippen LogP contribution in [0.1, 0.15) is 28.9 Å². The van der Waals surface area contributed by atoms with Crippen LogP contribution in [0, 0.1) is 12.8 Å². The fraction of sp³-hybridized carbons (Fsp3) is 0.455. The van der Waals surface area contributed by atoms with E-state index in [2.05, 4.69) is 4.98 Å². The number of hydrogen-bond acceptors (Lipinski definition) is 3.